The minimum absolute atomic E-state index is 0.346. The van der Waals surface area contributed by atoms with Gasteiger partial charge < -0.3 is 10.1 Å². The maximum atomic E-state index is 5.75. The SMILES string of the molecule is CNC(c1ccc(C)cc1)C(C)N(C)CCOCC1CC1. The number of benzene rings is 1. The van der Waals surface area contributed by atoms with Crippen molar-refractivity contribution in [3.63, 3.8) is 0 Å². The lowest BCUT2D eigenvalue weighted by Crippen LogP contribution is -2.41. The van der Waals surface area contributed by atoms with Crippen LogP contribution in [0, 0.1) is 12.8 Å². The first-order chi connectivity index (χ1) is 10.1. The van der Waals surface area contributed by atoms with Gasteiger partial charge in [-0.05, 0) is 52.3 Å². The number of rotatable bonds is 9. The monoisotopic (exact) mass is 290 g/mol. The molecule has 21 heavy (non-hydrogen) atoms. The van der Waals surface area contributed by atoms with Crippen molar-refractivity contribution in [2.24, 2.45) is 5.92 Å². The molecule has 1 saturated carbocycles. The molecule has 1 fully saturated rings. The van der Waals surface area contributed by atoms with Crippen LogP contribution < -0.4 is 5.32 Å². The van der Waals surface area contributed by atoms with Gasteiger partial charge in [-0.25, -0.2) is 0 Å². The molecule has 1 N–H and O–H groups in total. The number of nitrogens with one attached hydrogen (secondary N) is 1. The van der Waals surface area contributed by atoms with Crippen molar-refractivity contribution in [2.45, 2.75) is 38.8 Å². The minimum atomic E-state index is 0.346. The molecule has 0 aliphatic heterocycles. The Morgan fingerprint density at radius 1 is 1.29 bits per heavy atom. The van der Waals surface area contributed by atoms with E-state index in [9.17, 15) is 0 Å². The molecule has 1 aliphatic carbocycles. The second-order valence-corrected chi connectivity index (χ2v) is 6.42. The molecule has 0 saturated heterocycles. The van der Waals surface area contributed by atoms with E-state index in [-0.39, 0.29) is 0 Å². The van der Waals surface area contributed by atoms with E-state index in [0.29, 0.717) is 12.1 Å². The summed E-state index contributed by atoms with van der Waals surface area (Å²) in [6, 6.07) is 9.60. The van der Waals surface area contributed by atoms with Crippen molar-refractivity contribution >= 4 is 0 Å². The highest BCUT2D eigenvalue weighted by molar-refractivity contribution is 5.25. The zero-order valence-corrected chi connectivity index (χ0v) is 13.9. The normalized spacial score (nSPS) is 18.0. The van der Waals surface area contributed by atoms with Gasteiger partial charge in [-0.1, -0.05) is 29.8 Å². The third kappa shape index (κ3) is 5.10. The van der Waals surface area contributed by atoms with E-state index in [2.05, 4.69) is 55.4 Å². The van der Waals surface area contributed by atoms with Crippen molar-refractivity contribution in [3.05, 3.63) is 35.4 Å². The van der Waals surface area contributed by atoms with Crippen molar-refractivity contribution in [1.29, 1.82) is 0 Å². The molecule has 0 radical (unpaired) electrons. The van der Waals surface area contributed by atoms with Gasteiger partial charge in [0.05, 0.1) is 6.61 Å². The van der Waals surface area contributed by atoms with Crippen LogP contribution in [0.1, 0.15) is 36.9 Å². The zero-order valence-electron chi connectivity index (χ0n) is 13.9. The fraction of sp³-hybridized carbons (Fsp3) is 0.667. The molecule has 1 aliphatic rings. The maximum Gasteiger partial charge on any atom is 0.0593 e. The molecule has 0 bridgehead atoms. The van der Waals surface area contributed by atoms with Crippen LogP contribution in [-0.2, 0) is 4.74 Å². The Bertz CT molecular complexity index is 414. The predicted molar refractivity (Wildman–Crippen MR) is 88.6 cm³/mol. The lowest BCUT2D eigenvalue weighted by atomic mass is 9.98. The van der Waals surface area contributed by atoms with E-state index >= 15 is 0 Å². The number of likely N-dealkylation sites (N-methyl/N-ethyl adjacent to an activating group) is 2. The zero-order chi connectivity index (χ0) is 15.2. The number of hydrogen-bond acceptors (Lipinski definition) is 3. The molecule has 1 aromatic carbocycles. The van der Waals surface area contributed by atoms with Crippen LogP contribution in [0.25, 0.3) is 0 Å². The second kappa shape index (κ2) is 7.92. The molecule has 2 rings (SSSR count). The average molecular weight is 290 g/mol. The summed E-state index contributed by atoms with van der Waals surface area (Å²) in [7, 11) is 4.22. The summed E-state index contributed by atoms with van der Waals surface area (Å²) < 4.78 is 5.75. The Balaban J connectivity index is 1.82. The average Bonchev–Trinajstić information content (AvgIpc) is 3.30. The highest BCUT2D eigenvalue weighted by Crippen LogP contribution is 2.28. The fourth-order valence-corrected chi connectivity index (χ4v) is 2.66. The van der Waals surface area contributed by atoms with E-state index in [4.69, 9.17) is 4.74 Å². The van der Waals surface area contributed by atoms with Gasteiger partial charge in [0.15, 0.2) is 0 Å². The van der Waals surface area contributed by atoms with Crippen molar-refractivity contribution < 1.29 is 4.74 Å². The lowest BCUT2D eigenvalue weighted by molar-refractivity contribution is 0.0875. The van der Waals surface area contributed by atoms with Crippen LogP contribution in [0.15, 0.2) is 24.3 Å². The van der Waals surface area contributed by atoms with Crippen LogP contribution in [0.5, 0.6) is 0 Å². The van der Waals surface area contributed by atoms with Crippen LogP contribution in [0.2, 0.25) is 0 Å². The summed E-state index contributed by atoms with van der Waals surface area (Å²) in [6.45, 7) is 7.18. The minimum Gasteiger partial charge on any atom is -0.380 e. The summed E-state index contributed by atoms with van der Waals surface area (Å²) in [5, 5.41) is 3.45. The van der Waals surface area contributed by atoms with Crippen LogP contribution >= 0.6 is 0 Å². The molecular formula is C18H30N2O. The van der Waals surface area contributed by atoms with Crippen molar-refractivity contribution in [3.8, 4) is 0 Å². The standard InChI is InChI=1S/C18H30N2O/c1-14-5-9-17(10-6-14)18(19-3)15(2)20(4)11-12-21-13-16-7-8-16/h5-6,9-10,15-16,18-19H,7-8,11-13H2,1-4H3. The Morgan fingerprint density at radius 3 is 2.52 bits per heavy atom. The van der Waals surface area contributed by atoms with Gasteiger partial charge in [0, 0.05) is 25.2 Å². The van der Waals surface area contributed by atoms with Gasteiger partial charge in [0.25, 0.3) is 0 Å². The van der Waals surface area contributed by atoms with E-state index in [0.717, 1.165) is 25.7 Å². The number of aryl methyl sites for hydroxylation is 1. The third-order valence-corrected chi connectivity index (χ3v) is 4.56. The lowest BCUT2D eigenvalue weighted by Gasteiger charge is -2.32. The second-order valence-electron chi connectivity index (χ2n) is 6.42. The number of hydrogen-bond donors (Lipinski definition) is 1. The van der Waals surface area contributed by atoms with Gasteiger partial charge in [0.2, 0.25) is 0 Å². The van der Waals surface area contributed by atoms with Gasteiger partial charge >= 0.3 is 0 Å². The summed E-state index contributed by atoms with van der Waals surface area (Å²) in [5.41, 5.74) is 2.66. The van der Waals surface area contributed by atoms with Crippen molar-refractivity contribution in [1.82, 2.24) is 10.2 Å². The molecule has 2 atom stereocenters. The molecule has 1 aromatic rings. The molecule has 2 unspecified atom stereocenters. The quantitative estimate of drug-likeness (QED) is 0.708. The summed E-state index contributed by atoms with van der Waals surface area (Å²) in [6.07, 6.45) is 2.73. The topological polar surface area (TPSA) is 24.5 Å². The Labute approximate surface area is 129 Å². The first-order valence-corrected chi connectivity index (χ1v) is 8.13. The Kier molecular flexibility index (Phi) is 6.22. The van der Waals surface area contributed by atoms with Crippen LogP contribution in [-0.4, -0.2) is 44.8 Å². The summed E-state index contributed by atoms with van der Waals surface area (Å²) in [4.78, 5) is 2.38. The molecule has 3 nitrogen and oxygen atoms in total. The smallest absolute Gasteiger partial charge is 0.0593 e. The Morgan fingerprint density at radius 2 is 1.95 bits per heavy atom. The molecular weight excluding hydrogens is 260 g/mol. The largest absolute Gasteiger partial charge is 0.380 e. The van der Waals surface area contributed by atoms with Gasteiger partial charge in [-0.15, -0.1) is 0 Å². The third-order valence-electron chi connectivity index (χ3n) is 4.56. The molecule has 3 heteroatoms. The van der Waals surface area contributed by atoms with E-state index in [1.165, 1.54) is 24.0 Å². The van der Waals surface area contributed by atoms with Gasteiger partial charge in [0.1, 0.15) is 0 Å². The maximum absolute atomic E-state index is 5.75. The van der Waals surface area contributed by atoms with Crippen molar-refractivity contribution in [2.75, 3.05) is 33.9 Å². The summed E-state index contributed by atoms with van der Waals surface area (Å²) >= 11 is 0. The van der Waals surface area contributed by atoms with E-state index in [1.54, 1.807) is 0 Å². The molecule has 0 aromatic heterocycles. The van der Waals surface area contributed by atoms with Crippen LogP contribution in [0.4, 0.5) is 0 Å². The number of nitrogens with zero attached hydrogens (tertiary/aromatic N) is 1. The predicted octanol–water partition coefficient (Wildman–Crippen LogP) is 3.00. The van der Waals surface area contributed by atoms with E-state index in [1.807, 2.05) is 7.05 Å². The summed E-state index contributed by atoms with van der Waals surface area (Å²) in [5.74, 6) is 0.852. The molecule has 0 amide bonds. The van der Waals surface area contributed by atoms with Gasteiger partial charge in [-0.2, -0.15) is 0 Å². The fourth-order valence-electron chi connectivity index (χ4n) is 2.66. The first-order valence-electron chi connectivity index (χ1n) is 8.13. The molecule has 118 valence electrons. The van der Waals surface area contributed by atoms with Gasteiger partial charge in [-0.3, -0.25) is 4.90 Å². The first kappa shape index (κ1) is 16.5. The highest BCUT2D eigenvalue weighted by Gasteiger charge is 2.23. The highest BCUT2D eigenvalue weighted by atomic mass is 16.5. The Hall–Kier alpha value is -0.900. The molecule has 0 heterocycles. The molecule has 0 spiro atoms. The number of ether oxygens (including phenoxy) is 1. The van der Waals surface area contributed by atoms with E-state index < -0.39 is 0 Å². The van der Waals surface area contributed by atoms with Crippen LogP contribution in [0.3, 0.4) is 0 Å².